The van der Waals surface area contributed by atoms with Crippen LogP contribution in [0.5, 0.6) is 0 Å². The first-order chi connectivity index (χ1) is 7.25. The lowest BCUT2D eigenvalue weighted by Gasteiger charge is -2.36. The fourth-order valence-corrected chi connectivity index (χ4v) is 2.53. The number of piperidine rings is 1. The van der Waals surface area contributed by atoms with Gasteiger partial charge in [0.05, 0.1) is 12.7 Å². The Bertz CT molecular complexity index is 201. The van der Waals surface area contributed by atoms with E-state index in [0.29, 0.717) is 5.92 Å². The van der Waals surface area contributed by atoms with Crippen LogP contribution in [0.1, 0.15) is 19.3 Å². The van der Waals surface area contributed by atoms with Gasteiger partial charge in [-0.3, -0.25) is 0 Å². The van der Waals surface area contributed by atoms with Gasteiger partial charge in [-0.15, -0.1) is 0 Å². The highest BCUT2D eigenvalue weighted by molar-refractivity contribution is 4.81. The molecule has 0 radical (unpaired) electrons. The summed E-state index contributed by atoms with van der Waals surface area (Å²) in [5, 5.41) is 9.57. The lowest BCUT2D eigenvalue weighted by atomic mass is 9.95. The summed E-state index contributed by atoms with van der Waals surface area (Å²) < 4.78 is 5.45. The Hall–Kier alpha value is -0.160. The summed E-state index contributed by atoms with van der Waals surface area (Å²) in [7, 11) is 0. The van der Waals surface area contributed by atoms with Crippen molar-refractivity contribution in [2.75, 3.05) is 32.8 Å². The highest BCUT2D eigenvalue weighted by atomic mass is 16.5. The summed E-state index contributed by atoms with van der Waals surface area (Å²) in [5.74, 6) is 0.448. The van der Waals surface area contributed by atoms with Gasteiger partial charge in [-0.2, -0.15) is 0 Å². The van der Waals surface area contributed by atoms with E-state index in [9.17, 15) is 5.11 Å². The maximum Gasteiger partial charge on any atom is 0.0667 e. The molecule has 0 aliphatic carbocycles. The van der Waals surface area contributed by atoms with Crippen LogP contribution >= 0.6 is 0 Å². The topological polar surface area (TPSA) is 58.7 Å². The molecule has 88 valence electrons. The van der Waals surface area contributed by atoms with Crippen LogP contribution in [-0.2, 0) is 4.74 Å². The Balaban J connectivity index is 1.79. The van der Waals surface area contributed by atoms with Crippen molar-refractivity contribution in [1.82, 2.24) is 4.90 Å². The van der Waals surface area contributed by atoms with E-state index in [1.54, 1.807) is 0 Å². The number of β-amino-alcohol motifs (C(OH)–C–C–N with tert-alkyl or cyclic N) is 1. The second-order valence-corrected chi connectivity index (χ2v) is 4.84. The minimum absolute atomic E-state index is 0.139. The monoisotopic (exact) mass is 214 g/mol. The van der Waals surface area contributed by atoms with E-state index >= 15 is 0 Å². The van der Waals surface area contributed by atoms with Crippen molar-refractivity contribution in [3.8, 4) is 0 Å². The predicted octanol–water partition coefficient (Wildman–Crippen LogP) is -0.193. The third-order valence-electron chi connectivity index (χ3n) is 3.51. The Morgan fingerprint density at radius 3 is 3.00 bits per heavy atom. The molecule has 2 fully saturated rings. The maximum absolute atomic E-state index is 9.57. The molecule has 0 aromatic carbocycles. The molecule has 0 aromatic heterocycles. The molecule has 15 heavy (non-hydrogen) atoms. The van der Waals surface area contributed by atoms with Crippen molar-refractivity contribution in [2.24, 2.45) is 11.7 Å². The Kier molecular flexibility index (Phi) is 3.97. The standard InChI is InChI=1S/C11H22N2O2/c12-11-3-5-15-8-9(11)6-13-4-1-2-10(14)7-13/h9-11,14H,1-8,12H2. The van der Waals surface area contributed by atoms with Crippen LogP contribution in [0.3, 0.4) is 0 Å². The smallest absolute Gasteiger partial charge is 0.0667 e. The molecule has 0 amide bonds. The minimum atomic E-state index is -0.139. The predicted molar refractivity (Wildman–Crippen MR) is 58.6 cm³/mol. The van der Waals surface area contributed by atoms with Gasteiger partial charge in [-0.05, 0) is 25.8 Å². The maximum atomic E-state index is 9.57. The molecule has 4 nitrogen and oxygen atoms in total. The lowest BCUT2D eigenvalue weighted by molar-refractivity contribution is 0.00722. The molecule has 2 aliphatic heterocycles. The second kappa shape index (κ2) is 5.25. The molecule has 0 spiro atoms. The highest BCUT2D eigenvalue weighted by Gasteiger charge is 2.26. The van der Waals surface area contributed by atoms with E-state index in [0.717, 1.165) is 52.1 Å². The van der Waals surface area contributed by atoms with Crippen LogP contribution in [-0.4, -0.2) is 55.0 Å². The lowest BCUT2D eigenvalue weighted by Crippen LogP contribution is -2.48. The van der Waals surface area contributed by atoms with Crippen LogP contribution in [0.15, 0.2) is 0 Å². The highest BCUT2D eigenvalue weighted by Crippen LogP contribution is 2.17. The van der Waals surface area contributed by atoms with E-state index in [-0.39, 0.29) is 12.1 Å². The molecule has 0 bridgehead atoms. The van der Waals surface area contributed by atoms with Crippen molar-refractivity contribution in [3.05, 3.63) is 0 Å². The fourth-order valence-electron chi connectivity index (χ4n) is 2.53. The summed E-state index contributed by atoms with van der Waals surface area (Å²) in [5.41, 5.74) is 6.06. The number of aliphatic hydroxyl groups is 1. The average Bonchev–Trinajstić information content (AvgIpc) is 2.22. The Morgan fingerprint density at radius 1 is 1.40 bits per heavy atom. The van der Waals surface area contributed by atoms with Crippen LogP contribution in [0, 0.1) is 5.92 Å². The van der Waals surface area contributed by atoms with Gasteiger partial charge in [0.2, 0.25) is 0 Å². The number of likely N-dealkylation sites (tertiary alicyclic amines) is 1. The van der Waals surface area contributed by atoms with Crippen molar-refractivity contribution in [3.63, 3.8) is 0 Å². The van der Waals surface area contributed by atoms with Gasteiger partial charge in [0.1, 0.15) is 0 Å². The van der Waals surface area contributed by atoms with Crippen molar-refractivity contribution in [2.45, 2.75) is 31.4 Å². The molecule has 2 saturated heterocycles. The van der Waals surface area contributed by atoms with Crippen molar-refractivity contribution >= 4 is 0 Å². The fraction of sp³-hybridized carbons (Fsp3) is 1.00. The van der Waals surface area contributed by atoms with Gasteiger partial charge in [0, 0.05) is 31.7 Å². The van der Waals surface area contributed by atoms with Gasteiger partial charge in [-0.1, -0.05) is 0 Å². The SMILES string of the molecule is NC1CCOCC1CN1CCCC(O)C1. The zero-order chi connectivity index (χ0) is 10.7. The largest absolute Gasteiger partial charge is 0.392 e. The molecule has 4 heteroatoms. The quantitative estimate of drug-likeness (QED) is 0.669. The molecule has 3 atom stereocenters. The number of nitrogens with two attached hydrogens (primary N) is 1. The molecule has 0 saturated carbocycles. The van der Waals surface area contributed by atoms with Gasteiger partial charge >= 0.3 is 0 Å². The van der Waals surface area contributed by atoms with Crippen LogP contribution in [0.25, 0.3) is 0 Å². The number of hydrogen-bond acceptors (Lipinski definition) is 4. The van der Waals surface area contributed by atoms with Gasteiger partial charge in [0.25, 0.3) is 0 Å². The molecule has 2 rings (SSSR count). The summed E-state index contributed by atoms with van der Waals surface area (Å²) in [6.45, 7) is 4.48. The summed E-state index contributed by atoms with van der Waals surface area (Å²) in [4.78, 5) is 2.33. The van der Waals surface area contributed by atoms with Crippen molar-refractivity contribution in [1.29, 1.82) is 0 Å². The first kappa shape index (κ1) is 11.3. The summed E-state index contributed by atoms with van der Waals surface area (Å²) in [6.07, 6.45) is 2.88. The number of ether oxygens (including phenoxy) is 1. The third-order valence-corrected chi connectivity index (χ3v) is 3.51. The van der Waals surface area contributed by atoms with Crippen LogP contribution < -0.4 is 5.73 Å². The van der Waals surface area contributed by atoms with Gasteiger partial charge in [-0.25, -0.2) is 0 Å². The van der Waals surface area contributed by atoms with Crippen LogP contribution in [0.4, 0.5) is 0 Å². The zero-order valence-electron chi connectivity index (χ0n) is 9.27. The Labute approximate surface area is 91.4 Å². The number of nitrogens with zero attached hydrogens (tertiary/aromatic N) is 1. The number of hydrogen-bond donors (Lipinski definition) is 2. The van der Waals surface area contributed by atoms with E-state index in [1.807, 2.05) is 0 Å². The Morgan fingerprint density at radius 2 is 2.27 bits per heavy atom. The number of aliphatic hydroxyl groups excluding tert-OH is 1. The van der Waals surface area contributed by atoms with E-state index in [2.05, 4.69) is 4.90 Å². The van der Waals surface area contributed by atoms with Crippen LogP contribution in [0.2, 0.25) is 0 Å². The number of rotatable bonds is 2. The molecular weight excluding hydrogens is 192 g/mol. The second-order valence-electron chi connectivity index (χ2n) is 4.84. The molecule has 2 heterocycles. The molecule has 3 N–H and O–H groups in total. The summed E-state index contributed by atoms with van der Waals surface area (Å²) in [6, 6.07) is 0.276. The van der Waals surface area contributed by atoms with Gasteiger partial charge in [0.15, 0.2) is 0 Å². The molecular formula is C11H22N2O2. The minimum Gasteiger partial charge on any atom is -0.392 e. The molecule has 0 aromatic rings. The van der Waals surface area contributed by atoms with E-state index in [1.165, 1.54) is 0 Å². The van der Waals surface area contributed by atoms with Crippen molar-refractivity contribution < 1.29 is 9.84 Å². The first-order valence-electron chi connectivity index (χ1n) is 5.99. The molecule has 2 aliphatic rings. The normalized spacial score (nSPS) is 39.2. The first-order valence-corrected chi connectivity index (χ1v) is 5.99. The van der Waals surface area contributed by atoms with E-state index in [4.69, 9.17) is 10.5 Å². The molecule has 3 unspecified atom stereocenters. The van der Waals surface area contributed by atoms with E-state index < -0.39 is 0 Å². The van der Waals surface area contributed by atoms with Gasteiger partial charge < -0.3 is 20.5 Å². The summed E-state index contributed by atoms with van der Waals surface area (Å²) >= 11 is 0. The third kappa shape index (κ3) is 3.14. The average molecular weight is 214 g/mol. The zero-order valence-corrected chi connectivity index (χ0v) is 9.27.